The molecule has 4 rings (SSSR count). The minimum atomic E-state index is -0.213. The fourth-order valence-corrected chi connectivity index (χ4v) is 3.83. The van der Waals surface area contributed by atoms with Gasteiger partial charge in [-0.3, -0.25) is 9.59 Å². The zero-order chi connectivity index (χ0) is 21.6. The van der Waals surface area contributed by atoms with E-state index < -0.39 is 0 Å². The molecular formula is C23H26N6O2. The second kappa shape index (κ2) is 9.51. The summed E-state index contributed by atoms with van der Waals surface area (Å²) in [7, 11) is 0. The maximum absolute atomic E-state index is 12.7. The van der Waals surface area contributed by atoms with E-state index in [1.54, 1.807) is 12.1 Å². The predicted octanol–water partition coefficient (Wildman–Crippen LogP) is 3.35. The van der Waals surface area contributed by atoms with Gasteiger partial charge in [0.25, 0.3) is 5.91 Å². The normalized spacial score (nSPS) is 14.2. The lowest BCUT2D eigenvalue weighted by molar-refractivity contribution is -0.123. The summed E-state index contributed by atoms with van der Waals surface area (Å²) in [5.74, 6) is 0.0258. The fraction of sp³-hybridized carbons (Fsp3) is 0.348. The maximum Gasteiger partial charge on any atom is 0.255 e. The van der Waals surface area contributed by atoms with Gasteiger partial charge in [-0.2, -0.15) is 4.80 Å². The van der Waals surface area contributed by atoms with E-state index in [2.05, 4.69) is 26.0 Å². The molecule has 1 fully saturated rings. The van der Waals surface area contributed by atoms with Gasteiger partial charge in [-0.05, 0) is 49.2 Å². The highest BCUT2D eigenvalue weighted by Crippen LogP contribution is 2.25. The van der Waals surface area contributed by atoms with Crippen LogP contribution in [-0.4, -0.2) is 38.1 Å². The van der Waals surface area contributed by atoms with E-state index in [0.717, 1.165) is 31.2 Å². The molecule has 2 amide bonds. The molecule has 0 unspecified atom stereocenters. The Kier molecular flexibility index (Phi) is 6.35. The number of tetrazole rings is 1. The molecule has 1 saturated carbocycles. The Bertz CT molecular complexity index is 1070. The topological polar surface area (TPSA) is 102 Å². The summed E-state index contributed by atoms with van der Waals surface area (Å²) in [6, 6.07) is 14.9. The molecule has 2 N–H and O–H groups in total. The minimum Gasteiger partial charge on any atom is -0.352 e. The summed E-state index contributed by atoms with van der Waals surface area (Å²) in [5, 5.41) is 18.4. The lowest BCUT2D eigenvalue weighted by Gasteiger charge is -2.22. The second-order valence-electron chi connectivity index (χ2n) is 7.92. The third-order valence-electron chi connectivity index (χ3n) is 5.40. The first-order chi connectivity index (χ1) is 15.1. The Balaban J connectivity index is 1.45. The minimum absolute atomic E-state index is 0.0152. The van der Waals surface area contributed by atoms with Crippen LogP contribution in [0.3, 0.4) is 0 Å². The van der Waals surface area contributed by atoms with Gasteiger partial charge >= 0.3 is 0 Å². The SMILES string of the molecule is Cc1cccc(C(=O)Nc2ccccc2-c2nnn(CC(=O)NC3CCCCC3)n2)c1. The summed E-state index contributed by atoms with van der Waals surface area (Å²) < 4.78 is 0. The van der Waals surface area contributed by atoms with E-state index in [0.29, 0.717) is 22.6 Å². The highest BCUT2D eigenvalue weighted by molar-refractivity contribution is 6.06. The van der Waals surface area contributed by atoms with Gasteiger partial charge in [-0.1, -0.05) is 49.1 Å². The number of anilines is 1. The molecule has 0 saturated heterocycles. The first-order valence-corrected chi connectivity index (χ1v) is 10.6. The molecule has 1 aliphatic rings. The van der Waals surface area contributed by atoms with E-state index in [9.17, 15) is 9.59 Å². The highest BCUT2D eigenvalue weighted by Gasteiger charge is 2.18. The molecule has 0 atom stereocenters. The molecule has 1 aromatic heterocycles. The van der Waals surface area contributed by atoms with Crippen LogP contribution in [0.1, 0.15) is 48.0 Å². The van der Waals surface area contributed by atoms with Gasteiger partial charge in [0.15, 0.2) is 0 Å². The summed E-state index contributed by atoms with van der Waals surface area (Å²) in [6.45, 7) is 1.96. The van der Waals surface area contributed by atoms with Crippen LogP contribution in [0, 0.1) is 6.92 Å². The number of hydrogen-bond donors (Lipinski definition) is 2. The molecule has 8 nitrogen and oxygen atoms in total. The molecule has 1 aliphatic carbocycles. The Hall–Kier alpha value is -3.55. The van der Waals surface area contributed by atoms with Crippen molar-refractivity contribution in [3.05, 3.63) is 59.7 Å². The summed E-state index contributed by atoms with van der Waals surface area (Å²) in [5.41, 5.74) is 2.81. The smallest absolute Gasteiger partial charge is 0.255 e. The number of hydrogen-bond acceptors (Lipinski definition) is 5. The number of carbonyl (C=O) groups excluding carboxylic acids is 2. The van der Waals surface area contributed by atoms with Crippen LogP contribution >= 0.6 is 0 Å². The molecule has 1 heterocycles. The van der Waals surface area contributed by atoms with Crippen molar-refractivity contribution in [3.63, 3.8) is 0 Å². The molecule has 2 aromatic carbocycles. The fourth-order valence-electron chi connectivity index (χ4n) is 3.83. The van der Waals surface area contributed by atoms with Crippen molar-refractivity contribution < 1.29 is 9.59 Å². The van der Waals surface area contributed by atoms with Crippen molar-refractivity contribution in [1.29, 1.82) is 0 Å². The van der Waals surface area contributed by atoms with Crippen LogP contribution in [0.15, 0.2) is 48.5 Å². The molecule has 3 aromatic rings. The van der Waals surface area contributed by atoms with Crippen molar-refractivity contribution in [3.8, 4) is 11.4 Å². The van der Waals surface area contributed by atoms with Crippen LogP contribution in [0.4, 0.5) is 5.69 Å². The summed E-state index contributed by atoms with van der Waals surface area (Å²) in [6.07, 6.45) is 5.59. The maximum atomic E-state index is 12.7. The number of aromatic nitrogens is 4. The molecule has 160 valence electrons. The van der Waals surface area contributed by atoms with Gasteiger partial charge in [0.1, 0.15) is 6.54 Å². The molecule has 0 spiro atoms. The van der Waals surface area contributed by atoms with Gasteiger partial charge in [0.2, 0.25) is 11.7 Å². The number of aryl methyl sites for hydroxylation is 1. The van der Waals surface area contributed by atoms with E-state index in [1.165, 1.54) is 11.2 Å². The van der Waals surface area contributed by atoms with Gasteiger partial charge < -0.3 is 10.6 Å². The lowest BCUT2D eigenvalue weighted by Crippen LogP contribution is -2.38. The summed E-state index contributed by atoms with van der Waals surface area (Å²) >= 11 is 0. The Morgan fingerprint density at radius 1 is 1.06 bits per heavy atom. The van der Waals surface area contributed by atoms with Crippen molar-refractivity contribution in [1.82, 2.24) is 25.5 Å². The first-order valence-electron chi connectivity index (χ1n) is 10.6. The van der Waals surface area contributed by atoms with Crippen molar-refractivity contribution in [2.75, 3.05) is 5.32 Å². The number of para-hydroxylation sites is 1. The van der Waals surface area contributed by atoms with Crippen LogP contribution < -0.4 is 10.6 Å². The van der Waals surface area contributed by atoms with Crippen LogP contribution in [0.2, 0.25) is 0 Å². The predicted molar refractivity (Wildman–Crippen MR) is 117 cm³/mol. The third-order valence-corrected chi connectivity index (χ3v) is 5.40. The number of carbonyl (C=O) groups is 2. The molecular weight excluding hydrogens is 392 g/mol. The van der Waals surface area contributed by atoms with Crippen LogP contribution in [-0.2, 0) is 11.3 Å². The van der Waals surface area contributed by atoms with E-state index in [1.807, 2.05) is 43.3 Å². The molecule has 0 aliphatic heterocycles. The average Bonchev–Trinajstić information content (AvgIpc) is 3.23. The largest absolute Gasteiger partial charge is 0.352 e. The zero-order valence-corrected chi connectivity index (χ0v) is 17.5. The van der Waals surface area contributed by atoms with Gasteiger partial charge in [0, 0.05) is 17.2 Å². The standard InChI is InChI=1S/C23H26N6O2/c1-16-8-7-9-17(14-16)23(31)25-20-13-6-5-12-19(20)22-26-28-29(27-22)15-21(30)24-18-10-3-2-4-11-18/h5-9,12-14,18H,2-4,10-11,15H2,1H3,(H,24,30)(H,25,31). The summed E-state index contributed by atoms with van der Waals surface area (Å²) in [4.78, 5) is 26.3. The quantitative estimate of drug-likeness (QED) is 0.639. The number of benzene rings is 2. The number of rotatable bonds is 6. The third kappa shape index (κ3) is 5.33. The highest BCUT2D eigenvalue weighted by atomic mass is 16.2. The van der Waals surface area contributed by atoms with E-state index >= 15 is 0 Å². The molecule has 8 heteroatoms. The van der Waals surface area contributed by atoms with E-state index in [4.69, 9.17) is 0 Å². The average molecular weight is 419 g/mol. The van der Waals surface area contributed by atoms with E-state index in [-0.39, 0.29) is 24.4 Å². The lowest BCUT2D eigenvalue weighted by atomic mass is 9.95. The Labute approximate surface area is 181 Å². The van der Waals surface area contributed by atoms with Gasteiger partial charge in [0.05, 0.1) is 5.69 Å². The van der Waals surface area contributed by atoms with Crippen LogP contribution in [0.25, 0.3) is 11.4 Å². The number of nitrogens with one attached hydrogen (secondary N) is 2. The first kappa shape index (κ1) is 20.7. The van der Waals surface area contributed by atoms with Crippen molar-refractivity contribution in [2.24, 2.45) is 0 Å². The molecule has 0 bridgehead atoms. The Morgan fingerprint density at radius 3 is 2.68 bits per heavy atom. The number of amides is 2. The van der Waals surface area contributed by atoms with Gasteiger partial charge in [-0.15, -0.1) is 10.2 Å². The number of nitrogens with zero attached hydrogens (tertiary/aromatic N) is 4. The monoisotopic (exact) mass is 418 g/mol. The van der Waals surface area contributed by atoms with Crippen molar-refractivity contribution in [2.45, 2.75) is 51.6 Å². The van der Waals surface area contributed by atoms with Crippen LogP contribution in [0.5, 0.6) is 0 Å². The van der Waals surface area contributed by atoms with Crippen molar-refractivity contribution >= 4 is 17.5 Å². The molecule has 31 heavy (non-hydrogen) atoms. The molecule has 0 radical (unpaired) electrons. The van der Waals surface area contributed by atoms with Gasteiger partial charge in [-0.25, -0.2) is 0 Å². The Morgan fingerprint density at radius 2 is 1.87 bits per heavy atom. The zero-order valence-electron chi connectivity index (χ0n) is 17.5. The second-order valence-corrected chi connectivity index (χ2v) is 7.92.